The Bertz CT molecular complexity index is 1520. The molecule has 12 heteroatoms. The zero-order valence-corrected chi connectivity index (χ0v) is 23.2. The van der Waals surface area contributed by atoms with Crippen LogP contribution in [0.15, 0.2) is 24.3 Å². The van der Waals surface area contributed by atoms with E-state index in [4.69, 9.17) is 27.1 Å². The number of aliphatic hydroxyl groups is 1. The molecule has 39 heavy (non-hydrogen) atoms. The van der Waals surface area contributed by atoms with Crippen LogP contribution >= 0.6 is 22.9 Å². The monoisotopic (exact) mass is 571 g/mol. The van der Waals surface area contributed by atoms with Gasteiger partial charge in [0.05, 0.1) is 15.2 Å². The fourth-order valence-corrected chi connectivity index (χ4v) is 6.72. The van der Waals surface area contributed by atoms with Gasteiger partial charge in [0.2, 0.25) is 0 Å². The number of hydrogen-bond acceptors (Lipinski definition) is 10. The number of para-hydroxylation sites is 1. The zero-order chi connectivity index (χ0) is 27.1. The Morgan fingerprint density at radius 1 is 1.23 bits per heavy atom. The van der Waals surface area contributed by atoms with Gasteiger partial charge in [0, 0.05) is 54.8 Å². The van der Waals surface area contributed by atoms with Gasteiger partial charge in [0.1, 0.15) is 17.9 Å². The van der Waals surface area contributed by atoms with Gasteiger partial charge in [-0.15, -0.1) is 0 Å². The SMILES string of the molecule is CN1CCC[C@H]1COc1nc(N2CCNC[C@@H]2CCO)c2cc(Cl)c(-c3cccc4sc(N)nc34)c(F)c2n1. The van der Waals surface area contributed by atoms with Crippen molar-refractivity contribution in [3.63, 3.8) is 0 Å². The second-order valence-electron chi connectivity index (χ2n) is 10.1. The number of likely N-dealkylation sites (N-methyl/N-ethyl adjacent to an activating group) is 1. The van der Waals surface area contributed by atoms with Crippen LogP contribution in [0.4, 0.5) is 15.3 Å². The lowest BCUT2D eigenvalue weighted by Crippen LogP contribution is -2.52. The molecule has 2 aromatic carbocycles. The Morgan fingerprint density at radius 2 is 2.10 bits per heavy atom. The van der Waals surface area contributed by atoms with Gasteiger partial charge in [-0.2, -0.15) is 9.97 Å². The van der Waals surface area contributed by atoms with Gasteiger partial charge >= 0.3 is 6.01 Å². The number of halogens is 2. The summed E-state index contributed by atoms with van der Waals surface area (Å²) in [7, 11) is 2.08. The van der Waals surface area contributed by atoms with Crippen LogP contribution in [0.1, 0.15) is 19.3 Å². The van der Waals surface area contributed by atoms with E-state index in [1.807, 2.05) is 12.1 Å². The number of rotatable bonds is 7. The lowest BCUT2D eigenvalue weighted by molar-refractivity contribution is 0.188. The van der Waals surface area contributed by atoms with Crippen molar-refractivity contribution < 1.29 is 14.2 Å². The predicted octanol–water partition coefficient (Wildman–Crippen LogP) is 3.91. The highest BCUT2D eigenvalue weighted by molar-refractivity contribution is 7.22. The number of likely N-dealkylation sites (tertiary alicyclic amines) is 1. The van der Waals surface area contributed by atoms with Crippen molar-refractivity contribution in [2.24, 2.45) is 0 Å². The van der Waals surface area contributed by atoms with Crippen molar-refractivity contribution in [1.82, 2.24) is 25.2 Å². The highest BCUT2D eigenvalue weighted by Gasteiger charge is 2.29. The first-order valence-corrected chi connectivity index (χ1v) is 14.4. The largest absolute Gasteiger partial charge is 0.462 e. The maximum Gasteiger partial charge on any atom is 0.319 e. The van der Waals surface area contributed by atoms with Gasteiger partial charge < -0.3 is 30.7 Å². The van der Waals surface area contributed by atoms with E-state index >= 15 is 4.39 Å². The molecule has 4 aromatic rings. The molecule has 0 aliphatic carbocycles. The van der Waals surface area contributed by atoms with E-state index < -0.39 is 5.82 Å². The summed E-state index contributed by atoms with van der Waals surface area (Å²) in [5.41, 5.74) is 7.48. The van der Waals surface area contributed by atoms with Crippen LogP contribution < -0.4 is 20.7 Å². The van der Waals surface area contributed by atoms with E-state index in [1.165, 1.54) is 11.3 Å². The molecule has 0 saturated carbocycles. The van der Waals surface area contributed by atoms with E-state index in [9.17, 15) is 5.11 Å². The summed E-state index contributed by atoms with van der Waals surface area (Å²) in [4.78, 5) is 18.2. The molecule has 2 fully saturated rings. The fourth-order valence-electron chi connectivity index (χ4n) is 5.67. The molecule has 206 valence electrons. The number of fused-ring (bicyclic) bond motifs is 2. The minimum Gasteiger partial charge on any atom is -0.462 e. The molecule has 0 spiro atoms. The number of ether oxygens (including phenoxy) is 1. The van der Waals surface area contributed by atoms with Gasteiger partial charge in [-0.1, -0.05) is 35.1 Å². The molecule has 0 bridgehead atoms. The number of aromatic nitrogens is 3. The van der Waals surface area contributed by atoms with Crippen LogP contribution in [0, 0.1) is 5.82 Å². The second-order valence-corrected chi connectivity index (χ2v) is 11.6. The molecule has 2 aromatic heterocycles. The van der Waals surface area contributed by atoms with Crippen molar-refractivity contribution in [2.45, 2.75) is 31.3 Å². The molecule has 2 atom stereocenters. The number of nitrogens with one attached hydrogen (secondary N) is 1. The maximum absolute atomic E-state index is 16.6. The van der Waals surface area contributed by atoms with Gasteiger partial charge in [-0.05, 0) is 45.0 Å². The number of anilines is 2. The molecule has 0 radical (unpaired) electrons. The first kappa shape index (κ1) is 26.4. The third-order valence-electron chi connectivity index (χ3n) is 7.71. The first-order valence-electron chi connectivity index (χ1n) is 13.2. The van der Waals surface area contributed by atoms with E-state index in [-0.39, 0.29) is 40.8 Å². The highest BCUT2D eigenvalue weighted by Crippen LogP contribution is 2.42. The fraction of sp³-hybridized carbons (Fsp3) is 0.444. The molecule has 2 saturated heterocycles. The van der Waals surface area contributed by atoms with Crippen molar-refractivity contribution in [3.05, 3.63) is 35.1 Å². The van der Waals surface area contributed by atoms with Crippen molar-refractivity contribution in [1.29, 1.82) is 0 Å². The summed E-state index contributed by atoms with van der Waals surface area (Å²) in [5, 5.41) is 14.2. The Labute approximate surface area is 234 Å². The van der Waals surface area contributed by atoms with E-state index in [1.54, 1.807) is 12.1 Å². The minimum atomic E-state index is -0.558. The van der Waals surface area contributed by atoms with Crippen LogP contribution in [0.3, 0.4) is 0 Å². The minimum absolute atomic E-state index is 0.0242. The van der Waals surface area contributed by atoms with Gasteiger partial charge in [-0.3, -0.25) is 0 Å². The summed E-state index contributed by atoms with van der Waals surface area (Å²) in [6.45, 7) is 3.52. The summed E-state index contributed by atoms with van der Waals surface area (Å²) in [6, 6.07) is 7.62. The standard InChI is InChI=1S/C27H31ClFN7O2S/c1-35-9-3-4-16(35)14-38-27-33-24-18(25(34-27)36-10-8-31-13-15(36)7-11-37)12-19(28)21(22(24)29)17-5-2-6-20-23(17)32-26(30)39-20/h2,5-6,12,15-16,31,37H,3-4,7-11,13-14H2,1H3,(H2,30,32)/t15-,16-/m0/s1. The summed E-state index contributed by atoms with van der Waals surface area (Å²) >= 11 is 8.15. The Hall–Kier alpha value is -2.83. The maximum atomic E-state index is 16.6. The molecule has 2 aliphatic heterocycles. The molecule has 0 amide bonds. The van der Waals surface area contributed by atoms with Crippen LogP contribution in [0.2, 0.25) is 5.02 Å². The third kappa shape index (κ3) is 4.98. The topological polar surface area (TPSA) is 113 Å². The van der Waals surface area contributed by atoms with Crippen molar-refractivity contribution >= 4 is 55.0 Å². The number of hydrogen-bond donors (Lipinski definition) is 3. The summed E-state index contributed by atoms with van der Waals surface area (Å²) in [6.07, 6.45) is 2.69. The number of nitrogens with zero attached hydrogens (tertiary/aromatic N) is 5. The molecular weight excluding hydrogens is 541 g/mol. The molecule has 4 N–H and O–H groups in total. The average Bonchev–Trinajstić information content (AvgIpc) is 3.52. The number of benzene rings is 2. The van der Waals surface area contributed by atoms with Gasteiger partial charge in [-0.25, -0.2) is 9.37 Å². The predicted molar refractivity (Wildman–Crippen MR) is 154 cm³/mol. The molecule has 4 heterocycles. The van der Waals surface area contributed by atoms with Crippen molar-refractivity contribution in [3.8, 4) is 17.1 Å². The Balaban J connectivity index is 1.51. The summed E-state index contributed by atoms with van der Waals surface area (Å²) < 4.78 is 23.5. The van der Waals surface area contributed by atoms with Gasteiger partial charge in [0.15, 0.2) is 10.9 Å². The molecule has 6 rings (SSSR count). The molecular formula is C27H31ClFN7O2S. The summed E-state index contributed by atoms with van der Waals surface area (Å²) in [5.74, 6) is -0.00455. The number of piperazine rings is 1. The van der Waals surface area contributed by atoms with Crippen LogP contribution in [-0.2, 0) is 0 Å². The Kier molecular flexibility index (Phi) is 7.43. The zero-order valence-electron chi connectivity index (χ0n) is 21.7. The number of aliphatic hydroxyl groups excluding tert-OH is 1. The average molecular weight is 572 g/mol. The van der Waals surface area contributed by atoms with E-state index in [2.05, 4.69) is 32.1 Å². The smallest absolute Gasteiger partial charge is 0.319 e. The lowest BCUT2D eigenvalue weighted by atomic mass is 10.0. The van der Waals surface area contributed by atoms with Crippen molar-refractivity contribution in [2.75, 3.05) is 57.1 Å². The third-order valence-corrected chi connectivity index (χ3v) is 8.86. The number of nitrogen functional groups attached to an aromatic ring is 1. The number of thiazole rings is 1. The molecule has 2 aliphatic rings. The molecule has 9 nitrogen and oxygen atoms in total. The van der Waals surface area contributed by atoms with Crippen LogP contribution in [0.5, 0.6) is 6.01 Å². The Morgan fingerprint density at radius 3 is 2.90 bits per heavy atom. The number of nitrogens with two attached hydrogens (primary N) is 1. The van der Waals surface area contributed by atoms with E-state index in [0.717, 1.165) is 30.6 Å². The lowest BCUT2D eigenvalue weighted by Gasteiger charge is -2.37. The second kappa shape index (κ2) is 11.0. The van der Waals surface area contributed by atoms with Crippen LogP contribution in [0.25, 0.3) is 32.2 Å². The van der Waals surface area contributed by atoms with Gasteiger partial charge in [0.25, 0.3) is 0 Å². The first-order chi connectivity index (χ1) is 18.9. The molecule has 0 unspecified atom stereocenters. The highest BCUT2D eigenvalue weighted by atomic mass is 35.5. The normalized spacial score (nSPS) is 20.4. The van der Waals surface area contributed by atoms with E-state index in [0.29, 0.717) is 53.5 Å². The van der Waals surface area contributed by atoms with Crippen LogP contribution in [-0.4, -0.2) is 83.5 Å². The quantitative estimate of drug-likeness (QED) is 0.304.